The first-order valence-corrected chi connectivity index (χ1v) is 7.71. The van der Waals surface area contributed by atoms with E-state index in [1.54, 1.807) is 0 Å². The molecule has 10 heteroatoms. The predicted octanol–water partition coefficient (Wildman–Crippen LogP) is -0.668. The zero-order chi connectivity index (χ0) is 13.7. The fourth-order valence-electron chi connectivity index (χ4n) is 1.10. The Labute approximate surface area is 107 Å². The maximum atomic E-state index is 11.7. The highest BCUT2D eigenvalue weighted by Crippen LogP contribution is 2.03. The second kappa shape index (κ2) is 6.40. The Bertz CT molecular complexity index is 556. The Balaban J connectivity index is 2.73. The molecule has 1 aliphatic rings. The third-order valence-electron chi connectivity index (χ3n) is 2.00. The molecule has 0 aromatic carbocycles. The second-order valence-corrected chi connectivity index (χ2v) is 7.04. The van der Waals surface area contributed by atoms with Crippen molar-refractivity contribution in [1.82, 2.24) is 10.2 Å². The highest BCUT2D eigenvalue weighted by molar-refractivity contribution is 8.49. The van der Waals surface area contributed by atoms with Crippen LogP contribution < -0.4 is 5.32 Å². The summed E-state index contributed by atoms with van der Waals surface area (Å²) in [4.78, 5) is 23.1. The SMILES string of the molecule is CC1=NN=C(NC(=O)N(C)CCC=O)S1=S(=O)=O. The van der Waals surface area contributed by atoms with Crippen molar-refractivity contribution in [3.05, 3.63) is 0 Å². The van der Waals surface area contributed by atoms with E-state index in [1.165, 1.54) is 18.9 Å². The average Bonchev–Trinajstić information content (AvgIpc) is 2.67. The monoisotopic (exact) mass is 292 g/mol. The zero-order valence-electron chi connectivity index (χ0n) is 9.78. The number of amidine groups is 1. The number of nitrogens with zero attached hydrogens (tertiary/aromatic N) is 3. The number of aldehydes is 1. The van der Waals surface area contributed by atoms with Crippen molar-refractivity contribution in [2.75, 3.05) is 13.6 Å². The van der Waals surface area contributed by atoms with Crippen LogP contribution in [0.15, 0.2) is 10.2 Å². The fourth-order valence-corrected chi connectivity index (χ4v) is 3.42. The van der Waals surface area contributed by atoms with Crippen molar-refractivity contribution in [3.63, 3.8) is 0 Å². The highest BCUT2D eigenvalue weighted by Gasteiger charge is 2.22. The van der Waals surface area contributed by atoms with Gasteiger partial charge in [0.05, 0.1) is 0 Å². The van der Waals surface area contributed by atoms with E-state index in [9.17, 15) is 18.0 Å². The van der Waals surface area contributed by atoms with Crippen molar-refractivity contribution in [2.24, 2.45) is 10.2 Å². The summed E-state index contributed by atoms with van der Waals surface area (Å²) in [6.45, 7) is 1.77. The van der Waals surface area contributed by atoms with E-state index in [1.807, 2.05) is 0 Å². The molecule has 100 valence electrons. The lowest BCUT2D eigenvalue weighted by atomic mass is 10.4. The Morgan fingerprint density at radius 2 is 2.17 bits per heavy atom. The van der Waals surface area contributed by atoms with E-state index >= 15 is 0 Å². The molecule has 0 radical (unpaired) electrons. The van der Waals surface area contributed by atoms with Gasteiger partial charge >= 0.3 is 6.03 Å². The van der Waals surface area contributed by atoms with Gasteiger partial charge < -0.3 is 9.69 Å². The molecule has 0 aliphatic carbocycles. The van der Waals surface area contributed by atoms with Crippen LogP contribution in [0.1, 0.15) is 13.3 Å². The average molecular weight is 292 g/mol. The first-order valence-electron chi connectivity index (χ1n) is 4.89. The van der Waals surface area contributed by atoms with E-state index in [0.717, 1.165) is 0 Å². The fraction of sp³-hybridized carbons (Fsp3) is 0.500. The lowest BCUT2D eigenvalue weighted by molar-refractivity contribution is -0.107. The van der Waals surface area contributed by atoms with Gasteiger partial charge in [0.25, 0.3) is 9.26 Å². The summed E-state index contributed by atoms with van der Waals surface area (Å²) in [6, 6.07) is -0.525. The third-order valence-corrected chi connectivity index (χ3v) is 5.44. The molecule has 0 fully saturated rings. The second-order valence-electron chi connectivity index (χ2n) is 3.30. The normalized spacial score (nSPS) is 17.8. The summed E-state index contributed by atoms with van der Waals surface area (Å²) in [7, 11) is -2.23. The van der Waals surface area contributed by atoms with Crippen LogP contribution >= 0.6 is 0 Å². The third kappa shape index (κ3) is 3.47. The topological polar surface area (TPSA) is 108 Å². The lowest BCUT2D eigenvalue weighted by Crippen LogP contribution is -2.42. The maximum Gasteiger partial charge on any atom is 0.323 e. The molecule has 1 aliphatic heterocycles. The van der Waals surface area contributed by atoms with Crippen LogP contribution in [0.3, 0.4) is 0 Å². The summed E-state index contributed by atoms with van der Waals surface area (Å²) >= 11 is 0. The van der Waals surface area contributed by atoms with Gasteiger partial charge in [0.2, 0.25) is 5.17 Å². The van der Waals surface area contributed by atoms with Gasteiger partial charge in [-0.05, 0) is 6.92 Å². The van der Waals surface area contributed by atoms with Gasteiger partial charge in [-0.2, -0.15) is 8.42 Å². The Hall–Kier alpha value is -1.55. The quantitative estimate of drug-likeness (QED) is 0.696. The van der Waals surface area contributed by atoms with Crippen LogP contribution in [0.4, 0.5) is 4.79 Å². The van der Waals surface area contributed by atoms with Crippen LogP contribution in [-0.2, 0) is 23.5 Å². The van der Waals surface area contributed by atoms with Crippen molar-refractivity contribution in [2.45, 2.75) is 13.3 Å². The number of nitrogens with one attached hydrogen (secondary N) is 1. The van der Waals surface area contributed by atoms with Gasteiger partial charge in [0.15, 0.2) is 0 Å². The van der Waals surface area contributed by atoms with Crippen molar-refractivity contribution >= 4 is 41.2 Å². The van der Waals surface area contributed by atoms with Crippen LogP contribution in [0, 0.1) is 0 Å². The van der Waals surface area contributed by atoms with Crippen LogP contribution in [0.5, 0.6) is 0 Å². The number of urea groups is 1. The van der Waals surface area contributed by atoms with Gasteiger partial charge in [-0.1, -0.05) is 0 Å². The molecule has 1 N–H and O–H groups in total. The summed E-state index contributed by atoms with van der Waals surface area (Å²) in [5, 5.41) is 9.95. The largest absolute Gasteiger partial charge is 0.327 e. The molecule has 0 spiro atoms. The molecule has 0 saturated carbocycles. The minimum absolute atomic E-state index is 0.00351. The summed E-state index contributed by atoms with van der Waals surface area (Å²) in [6.07, 6.45) is 0.909. The van der Waals surface area contributed by atoms with E-state index in [-0.39, 0.29) is 18.1 Å². The highest BCUT2D eigenvalue weighted by atomic mass is 32.9. The Morgan fingerprint density at radius 1 is 1.50 bits per heavy atom. The molecule has 1 unspecified atom stereocenters. The molecular formula is C8H12N4O4S2. The van der Waals surface area contributed by atoms with E-state index in [2.05, 4.69) is 15.5 Å². The summed E-state index contributed by atoms with van der Waals surface area (Å²) in [5.74, 6) is 0. The molecule has 0 aromatic rings. The standard InChI is InChI=1S/C8H12N4O4S2/c1-6-10-11-7(17(6)18(15)16)9-8(14)12(2)4-3-5-13/h5H,3-4H2,1-2H3,(H,9,11,14). The minimum atomic E-state index is -2.41. The molecule has 8 nitrogen and oxygen atoms in total. The van der Waals surface area contributed by atoms with Crippen molar-refractivity contribution in [1.29, 1.82) is 0 Å². The van der Waals surface area contributed by atoms with E-state index < -0.39 is 24.7 Å². The van der Waals surface area contributed by atoms with Crippen molar-refractivity contribution < 1.29 is 18.0 Å². The molecule has 0 bridgehead atoms. The van der Waals surface area contributed by atoms with Crippen LogP contribution in [0.25, 0.3) is 0 Å². The number of amides is 2. The maximum absolute atomic E-state index is 11.7. The zero-order valence-corrected chi connectivity index (χ0v) is 11.4. The first-order chi connectivity index (χ1) is 8.47. The van der Waals surface area contributed by atoms with Gasteiger partial charge in [-0.15, -0.1) is 10.2 Å². The summed E-state index contributed by atoms with van der Waals surface area (Å²) in [5.41, 5.74) is 0. The predicted molar refractivity (Wildman–Crippen MR) is 68.7 cm³/mol. The molecule has 2 amide bonds. The smallest absolute Gasteiger partial charge is 0.323 e. The first kappa shape index (κ1) is 14.5. The molecule has 1 atom stereocenters. The Morgan fingerprint density at radius 3 is 2.72 bits per heavy atom. The van der Waals surface area contributed by atoms with Gasteiger partial charge in [0, 0.05) is 29.5 Å². The number of hydrogen-bond acceptors (Lipinski definition) is 6. The summed E-state index contributed by atoms with van der Waals surface area (Å²) < 4.78 is 22.0. The lowest BCUT2D eigenvalue weighted by Gasteiger charge is -2.16. The molecule has 18 heavy (non-hydrogen) atoms. The number of rotatable bonds is 3. The number of carbonyl (C=O) groups is 2. The molecular weight excluding hydrogens is 280 g/mol. The number of hydrogen-bond donors (Lipinski definition) is 1. The number of carbonyl (C=O) groups excluding carboxylic acids is 2. The van der Waals surface area contributed by atoms with Crippen molar-refractivity contribution in [3.8, 4) is 0 Å². The van der Waals surface area contributed by atoms with Crippen LogP contribution in [0.2, 0.25) is 0 Å². The Kier molecular flexibility index (Phi) is 5.16. The molecule has 0 aromatic heterocycles. The molecule has 0 saturated heterocycles. The van der Waals surface area contributed by atoms with E-state index in [4.69, 9.17) is 0 Å². The minimum Gasteiger partial charge on any atom is -0.327 e. The molecule has 1 heterocycles. The van der Waals surface area contributed by atoms with Gasteiger partial charge in [-0.3, -0.25) is 5.32 Å². The van der Waals surface area contributed by atoms with Gasteiger partial charge in [-0.25, -0.2) is 4.79 Å². The van der Waals surface area contributed by atoms with E-state index in [0.29, 0.717) is 11.3 Å². The van der Waals surface area contributed by atoms with Gasteiger partial charge in [0.1, 0.15) is 11.3 Å². The van der Waals surface area contributed by atoms with Crippen LogP contribution in [-0.4, -0.2) is 49.4 Å². The molecule has 1 rings (SSSR count).